The van der Waals surface area contributed by atoms with Crippen LogP contribution in [0.4, 0.5) is 0 Å². The van der Waals surface area contributed by atoms with Gasteiger partial charge in [0.2, 0.25) is 35.4 Å². The van der Waals surface area contributed by atoms with E-state index < -0.39 is 196 Å². The van der Waals surface area contributed by atoms with Crippen molar-refractivity contribution in [1.82, 2.24) is 31.5 Å². The number of esters is 1. The first-order chi connectivity index (χ1) is 58.9. The highest BCUT2D eigenvalue weighted by Crippen LogP contribution is 2.32. The molecule has 25 atom stereocenters. The van der Waals surface area contributed by atoms with Gasteiger partial charge in [-0.15, -0.1) is 0 Å². The van der Waals surface area contributed by atoms with Gasteiger partial charge in [-0.2, -0.15) is 0 Å². The maximum Gasteiger partial charge on any atom is 0.306 e. The highest BCUT2D eigenvalue weighted by Gasteiger charge is 2.47. The summed E-state index contributed by atoms with van der Waals surface area (Å²) in [5.41, 5.74) is 0. The molecule has 5 heterocycles. The summed E-state index contributed by atoms with van der Waals surface area (Å²) in [5.74, 6) is -7.30. The van der Waals surface area contributed by atoms with Gasteiger partial charge in [0, 0.05) is 153 Å². The van der Waals surface area contributed by atoms with Crippen molar-refractivity contribution < 1.29 is 157 Å². The summed E-state index contributed by atoms with van der Waals surface area (Å²) < 4.78 is 56.9. The minimum Gasteiger partial charge on any atom is -0.460 e. The lowest BCUT2D eigenvalue weighted by Crippen LogP contribution is -2.55. The number of nitrogens with zero attached hydrogens (tertiary/aromatic N) is 1. The fraction of sp³-hybridized carbons (Fsp3) is 0.882. The van der Waals surface area contributed by atoms with Crippen LogP contribution in [0.1, 0.15) is 227 Å². The molecular weight excluding hydrogens is 1620 g/mol. The Balaban J connectivity index is 1.23. The van der Waals surface area contributed by atoms with Gasteiger partial charge in [0.15, 0.2) is 30.9 Å². The van der Waals surface area contributed by atoms with Crippen LogP contribution in [0.15, 0.2) is 0 Å². The number of amides is 6. The van der Waals surface area contributed by atoms with Crippen molar-refractivity contribution in [3.63, 3.8) is 0 Å². The largest absolute Gasteiger partial charge is 0.460 e. The molecule has 5 rings (SSSR count). The first-order valence-corrected chi connectivity index (χ1v) is 44.7. The highest BCUT2D eigenvalue weighted by atomic mass is 16.7. The molecule has 0 aromatic rings. The number of carbonyl (C=O) groups excluding carboxylic acids is 10. The maximum absolute atomic E-state index is 14.8. The van der Waals surface area contributed by atoms with E-state index in [0.29, 0.717) is 116 Å². The molecule has 5 saturated heterocycles. The molecule has 11 unspecified atom stereocenters. The second kappa shape index (κ2) is 59.6. The number of aliphatic hydroxyl groups is 12. The molecule has 710 valence electrons. The summed E-state index contributed by atoms with van der Waals surface area (Å²) in [6.07, 6.45) is -10.0. The monoisotopic (exact) mass is 1770 g/mol. The van der Waals surface area contributed by atoms with Crippen molar-refractivity contribution in [2.75, 3.05) is 99.3 Å². The van der Waals surface area contributed by atoms with E-state index in [4.69, 9.17) is 47.4 Å². The zero-order valence-electron chi connectivity index (χ0n) is 73.0. The molecular formula is C85H148N6O32. The predicted octanol–water partition coefficient (Wildman–Crippen LogP) is -0.266. The van der Waals surface area contributed by atoms with Crippen LogP contribution in [0.5, 0.6) is 0 Å². The van der Waals surface area contributed by atoms with Gasteiger partial charge in [0.05, 0.1) is 82.5 Å². The Hall–Kier alpha value is -5.54. The third-order valence-corrected chi connectivity index (χ3v) is 23.7. The molecule has 0 spiro atoms. The minimum absolute atomic E-state index is 0.0389. The van der Waals surface area contributed by atoms with E-state index in [2.05, 4.69) is 26.6 Å². The molecule has 5 aliphatic rings. The van der Waals surface area contributed by atoms with Gasteiger partial charge in [0.25, 0.3) is 0 Å². The molecule has 0 aromatic carbocycles. The van der Waals surface area contributed by atoms with Crippen LogP contribution in [0.3, 0.4) is 0 Å². The first-order valence-electron chi connectivity index (χ1n) is 44.7. The van der Waals surface area contributed by atoms with Crippen molar-refractivity contribution in [3.05, 3.63) is 0 Å². The number of hydrogen-bond acceptors (Lipinski definition) is 32. The van der Waals surface area contributed by atoms with Crippen LogP contribution in [0, 0.1) is 35.5 Å². The molecule has 38 nitrogen and oxygen atoms in total. The number of rotatable bonds is 63. The molecule has 5 aliphatic heterocycles. The minimum atomic E-state index is -1.32. The first kappa shape index (κ1) is 108. The van der Waals surface area contributed by atoms with Crippen LogP contribution in [-0.2, 0) is 95.3 Å². The Morgan fingerprint density at radius 1 is 0.407 bits per heavy atom. The van der Waals surface area contributed by atoms with E-state index in [-0.39, 0.29) is 184 Å². The van der Waals surface area contributed by atoms with Gasteiger partial charge in [-0.1, -0.05) is 47.0 Å². The SMILES string of the molecule is COC[C@@H]1C[C@@H](OC(=O)CCC(C)=O)CN1C(=O)CCCCCNC(=O)C(CCCCNC(=O)C(CCCCNC(=O)CCCCO[C@@H]1OC(CO)[C@H](O)[C@H](O)C1C)CC(=O)CCCCO[C@@H]1OC(CO)[C@H](O)[C@H](O)C1C)CC(=O)C(CCCCNC(=O)CCCCO[C@@H]1OC(CO)[C@H](O)[C@H](O)C1C)NC(=O)CCCCO[C@@H]1OC(CO)[C@H](O)[C@H](O)C1C. The molecule has 123 heavy (non-hydrogen) atoms. The van der Waals surface area contributed by atoms with Gasteiger partial charge in [-0.25, -0.2) is 0 Å². The average molecular weight is 1770 g/mol. The lowest BCUT2D eigenvalue weighted by molar-refractivity contribution is -0.282. The van der Waals surface area contributed by atoms with Crippen LogP contribution in [0.25, 0.3) is 0 Å². The van der Waals surface area contributed by atoms with Gasteiger partial charge >= 0.3 is 5.97 Å². The number of aliphatic hydroxyl groups excluding tert-OH is 12. The third kappa shape index (κ3) is 38.4. The van der Waals surface area contributed by atoms with E-state index >= 15 is 0 Å². The van der Waals surface area contributed by atoms with Crippen LogP contribution >= 0.6 is 0 Å². The Morgan fingerprint density at radius 3 is 1.17 bits per heavy atom. The van der Waals surface area contributed by atoms with Crippen molar-refractivity contribution >= 4 is 58.8 Å². The highest BCUT2D eigenvalue weighted by molar-refractivity contribution is 5.92. The van der Waals surface area contributed by atoms with E-state index in [1.54, 1.807) is 32.6 Å². The van der Waals surface area contributed by atoms with Crippen molar-refractivity contribution in [2.45, 2.75) is 344 Å². The van der Waals surface area contributed by atoms with E-state index in [1.165, 1.54) is 14.0 Å². The van der Waals surface area contributed by atoms with Crippen LogP contribution < -0.4 is 26.6 Å². The third-order valence-electron chi connectivity index (χ3n) is 23.7. The summed E-state index contributed by atoms with van der Waals surface area (Å²) in [7, 11) is 1.51. The lowest BCUT2D eigenvalue weighted by Gasteiger charge is -2.40. The van der Waals surface area contributed by atoms with Gasteiger partial charge in [-0.05, 0) is 116 Å². The quantitative estimate of drug-likeness (QED) is 0.0275. The Kier molecular flexibility index (Phi) is 52.3. The van der Waals surface area contributed by atoms with Crippen LogP contribution in [0.2, 0.25) is 0 Å². The number of hydrogen-bond donors (Lipinski definition) is 17. The van der Waals surface area contributed by atoms with Gasteiger partial charge < -0.3 is 145 Å². The standard InChI is InChI=1S/C85H148N6O32/c1-51(96)32-33-71(103)119-60-44-58(50-114-6)91(45-60)70(102)31-8-7-16-36-88-81(113)57(43-62(98)61(90-69(101)30-15-23-41-118-85-55(5)75(107)79(111)66(49-95)123-85)27-11-19-35-87-68(100)29-14-22-40-117-84-54(4)74(106)78(110)65(48-94)122-84)25-10-18-37-89-80(112)56(42-59(97)26-12-20-38-115-82-52(2)72(104)76(108)63(46-92)120-82)24-9-17-34-86-67(99)28-13-21-39-116-83-53(3)73(105)77(109)64(47-93)121-83/h52-58,60-61,63-66,72-79,82-85,92-95,104-111H,7-50H2,1-6H3,(H,86,99)(H,87,100)(H,88,113)(H,89,112)(H,90,101)/t52?,53?,54?,55?,56?,57?,58-,60+,61?,63?,64?,65?,66?,72+,73+,74+,75+,76-,77-,78-,79-,82+,83+,84+,85+/m0/s1. The maximum atomic E-state index is 14.8. The zero-order valence-corrected chi connectivity index (χ0v) is 73.0. The van der Waals surface area contributed by atoms with E-state index in [0.717, 1.165) is 0 Å². The molecule has 17 N–H and O–H groups in total. The number of ether oxygens (including phenoxy) is 10. The fourth-order valence-corrected chi connectivity index (χ4v) is 15.7. The molecule has 5 fully saturated rings. The van der Waals surface area contributed by atoms with Crippen molar-refractivity contribution in [2.24, 2.45) is 35.5 Å². The van der Waals surface area contributed by atoms with Gasteiger partial charge in [-0.3, -0.25) is 43.2 Å². The average Bonchev–Trinajstić information content (AvgIpc) is 1.75. The summed E-state index contributed by atoms with van der Waals surface area (Å²) in [6, 6.07) is -1.41. The van der Waals surface area contributed by atoms with Crippen LogP contribution in [-0.4, -0.2) is 341 Å². The van der Waals surface area contributed by atoms with Crippen molar-refractivity contribution in [1.29, 1.82) is 0 Å². The summed E-state index contributed by atoms with van der Waals surface area (Å²) >= 11 is 0. The fourth-order valence-electron chi connectivity index (χ4n) is 15.7. The topological polar surface area (TPSA) is 569 Å². The second-order valence-corrected chi connectivity index (χ2v) is 33.8. The van der Waals surface area contributed by atoms with E-state index in [9.17, 15) is 109 Å². The number of Topliss-reactive ketones (excluding diaryl/α,β-unsaturated/α-hetero) is 3. The molecule has 0 aromatic heterocycles. The Morgan fingerprint density at radius 2 is 0.772 bits per heavy atom. The Bertz CT molecular complexity index is 3090. The Labute approximate surface area is 722 Å². The van der Waals surface area contributed by atoms with Crippen molar-refractivity contribution in [3.8, 4) is 0 Å². The molecule has 0 aliphatic carbocycles. The number of ketones is 3. The lowest BCUT2D eigenvalue weighted by atomic mass is 9.90. The number of carbonyl (C=O) groups is 10. The molecule has 0 saturated carbocycles. The zero-order chi connectivity index (χ0) is 90.5. The van der Waals surface area contributed by atoms with Gasteiger partial charge in [0.1, 0.15) is 66.5 Å². The molecule has 0 bridgehead atoms. The molecule has 38 heteroatoms. The predicted molar refractivity (Wildman–Crippen MR) is 439 cm³/mol. The number of methoxy groups -OCH3 is 1. The summed E-state index contributed by atoms with van der Waals surface area (Å²) in [5, 5.41) is 136. The normalized spacial score (nSPS) is 29.1. The number of unbranched alkanes of at least 4 members (excludes halogenated alkanes) is 9. The number of nitrogens with one attached hydrogen (secondary N) is 5. The molecule has 0 radical (unpaired) electrons. The smallest absolute Gasteiger partial charge is 0.306 e. The number of likely N-dealkylation sites (tertiary alicyclic amines) is 1. The summed E-state index contributed by atoms with van der Waals surface area (Å²) in [4.78, 5) is 136. The summed E-state index contributed by atoms with van der Waals surface area (Å²) in [6.45, 7) is 7.69. The second-order valence-electron chi connectivity index (χ2n) is 33.8. The molecule has 6 amide bonds. The van der Waals surface area contributed by atoms with E-state index in [1.807, 2.05) is 0 Å².